The first-order valence-corrected chi connectivity index (χ1v) is 5.67. The third-order valence-corrected chi connectivity index (χ3v) is 3.11. The van der Waals surface area contributed by atoms with Crippen LogP contribution in [0.15, 0.2) is 18.3 Å². The van der Waals surface area contributed by atoms with Crippen molar-refractivity contribution in [3.8, 4) is 0 Å². The van der Waals surface area contributed by atoms with Crippen LogP contribution in [0.25, 0.3) is 0 Å². The highest BCUT2D eigenvalue weighted by molar-refractivity contribution is 5.41. The Balaban J connectivity index is 1.75. The Hall–Kier alpha value is -1.09. The molecule has 1 unspecified atom stereocenters. The van der Waals surface area contributed by atoms with Crippen LogP contribution in [0.3, 0.4) is 0 Å². The average molecular weight is 205 g/mol. The standard InChI is InChI=1S/C12H19N3/c1-9(10-4-5-10)7-14-8-12-11(13)3-2-6-15-12/h2-3,6,9-10,14H,4-5,7-8,13H2,1H3. The molecular formula is C12H19N3. The Morgan fingerprint density at radius 1 is 1.60 bits per heavy atom. The van der Waals surface area contributed by atoms with E-state index >= 15 is 0 Å². The summed E-state index contributed by atoms with van der Waals surface area (Å²) < 4.78 is 0. The molecule has 3 N–H and O–H groups in total. The third-order valence-electron chi connectivity index (χ3n) is 3.11. The second-order valence-corrected chi connectivity index (χ2v) is 4.48. The zero-order chi connectivity index (χ0) is 10.7. The lowest BCUT2D eigenvalue weighted by Crippen LogP contribution is -2.22. The maximum absolute atomic E-state index is 5.81. The normalized spacial score (nSPS) is 17.7. The van der Waals surface area contributed by atoms with E-state index in [0.717, 1.165) is 36.3 Å². The van der Waals surface area contributed by atoms with Gasteiger partial charge in [-0.2, -0.15) is 0 Å². The summed E-state index contributed by atoms with van der Waals surface area (Å²) in [5.41, 5.74) is 7.55. The molecule has 0 aliphatic heterocycles. The van der Waals surface area contributed by atoms with Crippen LogP contribution >= 0.6 is 0 Å². The summed E-state index contributed by atoms with van der Waals surface area (Å²) in [6.07, 6.45) is 4.61. The van der Waals surface area contributed by atoms with Crippen molar-refractivity contribution in [2.45, 2.75) is 26.3 Å². The van der Waals surface area contributed by atoms with Gasteiger partial charge in [0.2, 0.25) is 0 Å². The SMILES string of the molecule is CC(CNCc1ncccc1N)C1CC1. The molecule has 0 aromatic carbocycles. The van der Waals surface area contributed by atoms with Gasteiger partial charge in [0.1, 0.15) is 0 Å². The summed E-state index contributed by atoms with van der Waals surface area (Å²) >= 11 is 0. The molecular weight excluding hydrogens is 186 g/mol. The lowest BCUT2D eigenvalue weighted by Gasteiger charge is -2.11. The minimum absolute atomic E-state index is 0.781. The van der Waals surface area contributed by atoms with Crippen LogP contribution in [0.1, 0.15) is 25.5 Å². The highest BCUT2D eigenvalue weighted by Crippen LogP contribution is 2.36. The number of rotatable bonds is 5. The summed E-state index contributed by atoms with van der Waals surface area (Å²) in [5, 5.41) is 3.42. The third kappa shape index (κ3) is 2.93. The molecule has 1 saturated carbocycles. The van der Waals surface area contributed by atoms with Crippen molar-refractivity contribution in [3.63, 3.8) is 0 Å². The summed E-state index contributed by atoms with van der Waals surface area (Å²) in [6.45, 7) is 4.16. The Labute approximate surface area is 91.1 Å². The van der Waals surface area contributed by atoms with E-state index in [-0.39, 0.29) is 0 Å². The maximum Gasteiger partial charge on any atom is 0.0770 e. The maximum atomic E-state index is 5.81. The fourth-order valence-electron chi connectivity index (χ4n) is 1.85. The number of hydrogen-bond donors (Lipinski definition) is 2. The molecule has 82 valence electrons. The molecule has 2 rings (SSSR count). The van der Waals surface area contributed by atoms with Crippen molar-refractivity contribution >= 4 is 5.69 Å². The number of anilines is 1. The van der Waals surface area contributed by atoms with E-state index in [4.69, 9.17) is 5.73 Å². The van der Waals surface area contributed by atoms with Crippen molar-refractivity contribution in [2.75, 3.05) is 12.3 Å². The fourth-order valence-corrected chi connectivity index (χ4v) is 1.85. The summed E-state index contributed by atoms with van der Waals surface area (Å²) in [4.78, 5) is 4.25. The van der Waals surface area contributed by atoms with E-state index < -0.39 is 0 Å². The van der Waals surface area contributed by atoms with Gasteiger partial charge < -0.3 is 11.1 Å². The highest BCUT2D eigenvalue weighted by atomic mass is 14.9. The van der Waals surface area contributed by atoms with Gasteiger partial charge >= 0.3 is 0 Å². The van der Waals surface area contributed by atoms with E-state index in [0.29, 0.717) is 0 Å². The van der Waals surface area contributed by atoms with E-state index in [1.54, 1.807) is 6.20 Å². The van der Waals surface area contributed by atoms with Crippen molar-refractivity contribution in [3.05, 3.63) is 24.0 Å². The Morgan fingerprint density at radius 2 is 2.40 bits per heavy atom. The van der Waals surface area contributed by atoms with Gasteiger partial charge in [0.15, 0.2) is 0 Å². The molecule has 1 aromatic heterocycles. The molecule has 1 aliphatic rings. The fraction of sp³-hybridized carbons (Fsp3) is 0.583. The molecule has 3 heteroatoms. The highest BCUT2D eigenvalue weighted by Gasteiger charge is 2.27. The van der Waals surface area contributed by atoms with E-state index in [9.17, 15) is 0 Å². The number of pyridine rings is 1. The van der Waals surface area contributed by atoms with E-state index in [1.807, 2.05) is 12.1 Å². The molecule has 1 atom stereocenters. The van der Waals surface area contributed by atoms with Crippen LogP contribution in [0, 0.1) is 11.8 Å². The molecule has 3 nitrogen and oxygen atoms in total. The van der Waals surface area contributed by atoms with Crippen LogP contribution in [-0.4, -0.2) is 11.5 Å². The predicted molar refractivity (Wildman–Crippen MR) is 62.2 cm³/mol. The minimum atomic E-state index is 0.781. The Kier molecular flexibility index (Phi) is 3.21. The van der Waals surface area contributed by atoms with E-state index in [2.05, 4.69) is 17.2 Å². The molecule has 15 heavy (non-hydrogen) atoms. The molecule has 0 saturated heterocycles. The quantitative estimate of drug-likeness (QED) is 0.770. The number of nitrogen functional groups attached to an aromatic ring is 1. The largest absolute Gasteiger partial charge is 0.397 e. The van der Waals surface area contributed by atoms with Crippen LogP contribution < -0.4 is 11.1 Å². The molecule has 1 fully saturated rings. The number of nitrogens with one attached hydrogen (secondary N) is 1. The van der Waals surface area contributed by atoms with Gasteiger partial charge in [0, 0.05) is 12.7 Å². The van der Waals surface area contributed by atoms with Crippen LogP contribution in [0.2, 0.25) is 0 Å². The predicted octanol–water partition coefficient (Wildman–Crippen LogP) is 1.80. The van der Waals surface area contributed by atoms with Gasteiger partial charge in [-0.1, -0.05) is 6.92 Å². The van der Waals surface area contributed by atoms with Crippen molar-refractivity contribution < 1.29 is 0 Å². The second kappa shape index (κ2) is 4.62. The van der Waals surface area contributed by atoms with Crippen LogP contribution in [0.4, 0.5) is 5.69 Å². The first-order valence-electron chi connectivity index (χ1n) is 5.67. The van der Waals surface area contributed by atoms with Crippen LogP contribution in [-0.2, 0) is 6.54 Å². The first kappa shape index (κ1) is 10.4. The second-order valence-electron chi connectivity index (χ2n) is 4.48. The van der Waals surface area contributed by atoms with Crippen molar-refractivity contribution in [2.24, 2.45) is 11.8 Å². The minimum Gasteiger partial charge on any atom is -0.397 e. The number of hydrogen-bond acceptors (Lipinski definition) is 3. The Bertz CT molecular complexity index is 320. The zero-order valence-electron chi connectivity index (χ0n) is 9.24. The lowest BCUT2D eigenvalue weighted by atomic mass is 10.1. The smallest absolute Gasteiger partial charge is 0.0770 e. The lowest BCUT2D eigenvalue weighted by molar-refractivity contribution is 0.460. The Morgan fingerprint density at radius 3 is 3.07 bits per heavy atom. The number of aromatic nitrogens is 1. The average Bonchev–Trinajstić information content (AvgIpc) is 3.04. The molecule has 1 aliphatic carbocycles. The summed E-state index contributed by atoms with van der Waals surface area (Å²) in [6, 6.07) is 3.76. The topological polar surface area (TPSA) is 50.9 Å². The van der Waals surface area contributed by atoms with Gasteiger partial charge in [-0.3, -0.25) is 4.98 Å². The molecule has 0 bridgehead atoms. The van der Waals surface area contributed by atoms with Crippen molar-refractivity contribution in [1.29, 1.82) is 0 Å². The molecule has 0 amide bonds. The van der Waals surface area contributed by atoms with Gasteiger partial charge in [-0.05, 0) is 43.4 Å². The molecule has 1 aromatic rings. The van der Waals surface area contributed by atoms with Gasteiger partial charge in [0.25, 0.3) is 0 Å². The zero-order valence-corrected chi connectivity index (χ0v) is 9.24. The monoisotopic (exact) mass is 205 g/mol. The van der Waals surface area contributed by atoms with E-state index in [1.165, 1.54) is 12.8 Å². The number of nitrogens with two attached hydrogens (primary N) is 1. The van der Waals surface area contributed by atoms with Gasteiger partial charge in [-0.15, -0.1) is 0 Å². The van der Waals surface area contributed by atoms with Crippen LogP contribution in [0.5, 0.6) is 0 Å². The summed E-state index contributed by atoms with van der Waals surface area (Å²) in [5.74, 6) is 1.74. The molecule has 1 heterocycles. The molecule has 0 radical (unpaired) electrons. The molecule has 0 spiro atoms. The number of nitrogens with zero attached hydrogens (tertiary/aromatic N) is 1. The van der Waals surface area contributed by atoms with Gasteiger partial charge in [-0.25, -0.2) is 0 Å². The van der Waals surface area contributed by atoms with Crippen molar-refractivity contribution in [1.82, 2.24) is 10.3 Å². The van der Waals surface area contributed by atoms with Gasteiger partial charge in [0.05, 0.1) is 11.4 Å². The summed E-state index contributed by atoms with van der Waals surface area (Å²) in [7, 11) is 0. The first-order chi connectivity index (χ1) is 7.27.